The van der Waals surface area contributed by atoms with E-state index < -0.39 is 23.8 Å². The largest absolute Gasteiger partial charge is 0.460 e. The van der Waals surface area contributed by atoms with E-state index in [-0.39, 0.29) is 24.9 Å². The maximum Gasteiger partial charge on any atom is 0.407 e. The van der Waals surface area contributed by atoms with Gasteiger partial charge in [0.1, 0.15) is 12.2 Å². The van der Waals surface area contributed by atoms with Gasteiger partial charge >= 0.3 is 12.1 Å². The molecule has 1 aromatic rings. The summed E-state index contributed by atoms with van der Waals surface area (Å²) in [4.78, 5) is 24.0. The number of carbonyl (C=O) groups excluding carboxylic acids is 2. The number of amides is 1. The van der Waals surface area contributed by atoms with E-state index in [9.17, 15) is 9.59 Å². The van der Waals surface area contributed by atoms with Crippen molar-refractivity contribution < 1.29 is 19.1 Å². The average molecular weight is 350 g/mol. The Kier molecular flexibility index (Phi) is 7.90. The highest BCUT2D eigenvalue weighted by atomic mass is 16.6. The van der Waals surface area contributed by atoms with E-state index in [1.54, 1.807) is 20.8 Å². The number of hydrogen-bond acceptors (Lipinski definition) is 5. The van der Waals surface area contributed by atoms with Crippen molar-refractivity contribution in [3.05, 3.63) is 35.9 Å². The lowest BCUT2D eigenvalue weighted by molar-refractivity contribution is -0.155. The Labute approximate surface area is 150 Å². The molecule has 1 rings (SSSR count). The topological polar surface area (TPSA) is 90.6 Å². The molecule has 0 unspecified atom stereocenters. The van der Waals surface area contributed by atoms with E-state index in [4.69, 9.17) is 15.2 Å². The van der Waals surface area contributed by atoms with Crippen LogP contribution in [0.3, 0.4) is 0 Å². The number of nitrogens with one attached hydrogen (secondary N) is 1. The lowest BCUT2D eigenvalue weighted by Crippen LogP contribution is -2.51. The van der Waals surface area contributed by atoms with Gasteiger partial charge in [-0.25, -0.2) is 4.79 Å². The number of esters is 1. The van der Waals surface area contributed by atoms with Crippen molar-refractivity contribution in [1.82, 2.24) is 5.32 Å². The molecule has 0 aromatic heterocycles. The third-order valence-electron chi connectivity index (χ3n) is 3.50. The zero-order chi connectivity index (χ0) is 19.0. The Morgan fingerprint density at radius 1 is 1.16 bits per heavy atom. The quantitative estimate of drug-likeness (QED) is 0.738. The van der Waals surface area contributed by atoms with E-state index in [2.05, 4.69) is 5.32 Å². The van der Waals surface area contributed by atoms with E-state index in [1.165, 1.54) is 0 Å². The van der Waals surface area contributed by atoms with Crippen LogP contribution < -0.4 is 11.1 Å². The van der Waals surface area contributed by atoms with Crippen LogP contribution in [0.15, 0.2) is 30.3 Å². The van der Waals surface area contributed by atoms with E-state index >= 15 is 0 Å². The van der Waals surface area contributed by atoms with Crippen molar-refractivity contribution >= 4 is 12.1 Å². The molecule has 0 saturated heterocycles. The molecule has 0 fully saturated rings. The molecule has 0 aliphatic rings. The minimum Gasteiger partial charge on any atom is -0.460 e. The second-order valence-corrected chi connectivity index (χ2v) is 7.43. The molecule has 2 atom stereocenters. The molecule has 25 heavy (non-hydrogen) atoms. The van der Waals surface area contributed by atoms with Crippen molar-refractivity contribution in [2.45, 2.75) is 65.3 Å². The second-order valence-electron chi connectivity index (χ2n) is 7.43. The van der Waals surface area contributed by atoms with Crippen molar-refractivity contribution in [3.63, 3.8) is 0 Å². The second kappa shape index (κ2) is 9.42. The lowest BCUT2D eigenvalue weighted by atomic mass is 9.95. The number of nitrogens with two attached hydrogens (primary N) is 1. The van der Waals surface area contributed by atoms with Crippen LogP contribution in [0.25, 0.3) is 0 Å². The van der Waals surface area contributed by atoms with Crippen LogP contribution in [0, 0.1) is 5.92 Å². The summed E-state index contributed by atoms with van der Waals surface area (Å²) in [5.74, 6) is -0.341. The summed E-state index contributed by atoms with van der Waals surface area (Å²) < 4.78 is 10.5. The minimum atomic E-state index is -0.563. The minimum absolute atomic E-state index is 0.0269. The van der Waals surface area contributed by atoms with E-state index in [0.29, 0.717) is 0 Å². The summed E-state index contributed by atoms with van der Waals surface area (Å²) in [6.45, 7) is 9.44. The Morgan fingerprint density at radius 3 is 2.28 bits per heavy atom. The van der Waals surface area contributed by atoms with Gasteiger partial charge < -0.3 is 20.5 Å². The fraction of sp³-hybridized carbons (Fsp3) is 0.579. The van der Waals surface area contributed by atoms with Crippen LogP contribution in [-0.4, -0.2) is 29.7 Å². The first kappa shape index (κ1) is 21.0. The Hall–Kier alpha value is -2.08. The highest BCUT2D eigenvalue weighted by molar-refractivity contribution is 5.71. The third kappa shape index (κ3) is 8.54. The van der Waals surface area contributed by atoms with Crippen molar-refractivity contribution in [2.24, 2.45) is 11.7 Å². The fourth-order valence-corrected chi connectivity index (χ4v) is 2.37. The predicted molar refractivity (Wildman–Crippen MR) is 96.8 cm³/mol. The summed E-state index contributed by atoms with van der Waals surface area (Å²) in [6.07, 6.45) is -0.527. The van der Waals surface area contributed by atoms with Gasteiger partial charge in [-0.1, -0.05) is 44.2 Å². The first-order valence-electron chi connectivity index (χ1n) is 8.53. The molecular weight excluding hydrogens is 320 g/mol. The van der Waals surface area contributed by atoms with E-state index in [1.807, 2.05) is 44.2 Å². The van der Waals surface area contributed by atoms with Gasteiger partial charge in [-0.15, -0.1) is 0 Å². The molecule has 0 saturated carbocycles. The van der Waals surface area contributed by atoms with Crippen molar-refractivity contribution in [1.29, 1.82) is 0 Å². The molecule has 3 N–H and O–H groups in total. The van der Waals surface area contributed by atoms with Crippen LogP contribution >= 0.6 is 0 Å². The van der Waals surface area contributed by atoms with Crippen molar-refractivity contribution in [2.75, 3.05) is 0 Å². The third-order valence-corrected chi connectivity index (χ3v) is 3.50. The molecule has 1 aromatic carbocycles. The summed E-state index contributed by atoms with van der Waals surface area (Å²) in [7, 11) is 0. The maximum absolute atomic E-state index is 12.0. The molecule has 0 aliphatic heterocycles. The number of alkyl carbamates (subject to hydrolysis) is 1. The maximum atomic E-state index is 12.0. The molecule has 1 amide bonds. The fourth-order valence-electron chi connectivity index (χ4n) is 2.37. The first-order chi connectivity index (χ1) is 11.6. The number of carbonyl (C=O) groups is 2. The summed E-state index contributed by atoms with van der Waals surface area (Å²) in [5, 5.41) is 2.76. The average Bonchev–Trinajstić information content (AvgIpc) is 2.49. The van der Waals surface area contributed by atoms with Gasteiger partial charge in [0.25, 0.3) is 0 Å². The Morgan fingerprint density at radius 2 is 1.76 bits per heavy atom. The Balaban J connectivity index is 2.54. The van der Waals surface area contributed by atoms with Gasteiger partial charge in [0.05, 0.1) is 12.5 Å². The summed E-state index contributed by atoms with van der Waals surface area (Å²) in [6, 6.07) is 8.46. The van der Waals surface area contributed by atoms with E-state index in [0.717, 1.165) is 5.56 Å². The first-order valence-corrected chi connectivity index (χ1v) is 8.53. The Bertz CT molecular complexity index is 552. The number of benzene rings is 1. The van der Waals surface area contributed by atoms with Crippen LogP contribution in [0.2, 0.25) is 0 Å². The summed E-state index contributed by atoms with van der Waals surface area (Å²) >= 11 is 0. The highest BCUT2D eigenvalue weighted by Gasteiger charge is 2.28. The highest BCUT2D eigenvalue weighted by Crippen LogP contribution is 2.13. The summed E-state index contributed by atoms with van der Waals surface area (Å²) in [5.41, 5.74) is 6.46. The molecule has 140 valence electrons. The molecule has 0 spiro atoms. The number of hydrogen-bond donors (Lipinski definition) is 2. The van der Waals surface area contributed by atoms with Crippen LogP contribution in [0.1, 0.15) is 46.6 Å². The molecular formula is C19H30N2O4. The smallest absolute Gasteiger partial charge is 0.407 e. The monoisotopic (exact) mass is 350 g/mol. The number of rotatable bonds is 7. The van der Waals surface area contributed by atoms with Gasteiger partial charge in [-0.05, 0) is 32.3 Å². The van der Waals surface area contributed by atoms with Gasteiger partial charge in [-0.3, -0.25) is 4.79 Å². The molecule has 0 bridgehead atoms. The zero-order valence-corrected chi connectivity index (χ0v) is 15.7. The van der Waals surface area contributed by atoms with Gasteiger partial charge in [-0.2, -0.15) is 0 Å². The normalized spacial score (nSPS) is 13.9. The van der Waals surface area contributed by atoms with Gasteiger partial charge in [0, 0.05) is 6.04 Å². The number of ether oxygens (including phenoxy) is 2. The zero-order valence-electron chi connectivity index (χ0n) is 15.7. The SMILES string of the molecule is CC(C)[C@H](NC(=O)OCc1ccccc1)[C@H](N)CC(=O)OC(C)(C)C. The predicted octanol–water partition coefficient (Wildman–Crippen LogP) is 3.00. The van der Waals surface area contributed by atoms with Crippen LogP contribution in [-0.2, 0) is 20.9 Å². The van der Waals surface area contributed by atoms with Gasteiger partial charge in [0.2, 0.25) is 0 Å². The molecule has 0 heterocycles. The van der Waals surface area contributed by atoms with Crippen LogP contribution in [0.4, 0.5) is 4.79 Å². The molecule has 6 nitrogen and oxygen atoms in total. The standard InChI is InChI=1S/C19H30N2O4/c1-13(2)17(15(20)11-16(22)25-19(3,4)5)21-18(23)24-12-14-9-7-6-8-10-14/h6-10,13,15,17H,11-12,20H2,1-5H3,(H,21,23)/t15-,17+/m1/s1. The molecule has 0 radical (unpaired) electrons. The van der Waals surface area contributed by atoms with Gasteiger partial charge in [0.15, 0.2) is 0 Å². The lowest BCUT2D eigenvalue weighted by Gasteiger charge is -2.28. The molecule has 0 aliphatic carbocycles. The van der Waals surface area contributed by atoms with Crippen LogP contribution in [0.5, 0.6) is 0 Å². The van der Waals surface area contributed by atoms with Crippen molar-refractivity contribution in [3.8, 4) is 0 Å². The molecule has 6 heteroatoms.